The van der Waals surface area contributed by atoms with Crippen molar-refractivity contribution in [2.24, 2.45) is 0 Å². The molecular formula is C25H27NO4. The lowest BCUT2D eigenvalue weighted by Gasteiger charge is -2.25. The molecule has 3 aromatic rings. The average Bonchev–Trinajstić information content (AvgIpc) is 3.22. The van der Waals surface area contributed by atoms with E-state index in [0.29, 0.717) is 13.1 Å². The molecule has 3 aromatic carbocycles. The van der Waals surface area contributed by atoms with E-state index in [2.05, 4.69) is 36.1 Å². The van der Waals surface area contributed by atoms with E-state index in [1.165, 1.54) is 11.1 Å². The van der Waals surface area contributed by atoms with Crippen molar-refractivity contribution in [2.45, 2.75) is 26.1 Å². The van der Waals surface area contributed by atoms with Gasteiger partial charge in [0.15, 0.2) is 11.5 Å². The van der Waals surface area contributed by atoms with Gasteiger partial charge in [0.2, 0.25) is 6.79 Å². The Bertz CT molecular complexity index is 943. The molecule has 1 aliphatic heterocycles. The molecule has 4 rings (SSSR count). The van der Waals surface area contributed by atoms with Crippen molar-refractivity contribution in [1.29, 1.82) is 0 Å². The van der Waals surface area contributed by atoms with Crippen molar-refractivity contribution in [2.75, 3.05) is 19.9 Å². The van der Waals surface area contributed by atoms with Gasteiger partial charge in [-0.3, -0.25) is 4.90 Å². The molecule has 5 nitrogen and oxygen atoms in total. The van der Waals surface area contributed by atoms with Crippen molar-refractivity contribution in [3.05, 3.63) is 89.5 Å². The quantitative estimate of drug-likeness (QED) is 0.579. The average molecular weight is 405 g/mol. The van der Waals surface area contributed by atoms with Crippen LogP contribution in [0.3, 0.4) is 0 Å². The number of ether oxygens (including phenoxy) is 3. The van der Waals surface area contributed by atoms with E-state index >= 15 is 0 Å². The fraction of sp³-hybridized carbons (Fsp3) is 0.280. The standard InChI is InChI=1S/C25H27NO4/c1-19-7-9-20(10-8-19)14-26(15-21-11-12-24-25(13-21)30-18-29-24)16-22(27)17-28-23-5-3-2-4-6-23/h2-13,22,27H,14-18H2,1H3/t22-/m1/s1. The molecule has 5 heteroatoms. The zero-order valence-electron chi connectivity index (χ0n) is 17.2. The topological polar surface area (TPSA) is 51.2 Å². The highest BCUT2D eigenvalue weighted by Gasteiger charge is 2.17. The Kier molecular flexibility index (Phi) is 6.52. The van der Waals surface area contributed by atoms with Crippen molar-refractivity contribution in [1.82, 2.24) is 4.90 Å². The van der Waals surface area contributed by atoms with Crippen molar-refractivity contribution in [3.8, 4) is 17.2 Å². The Balaban J connectivity index is 1.42. The van der Waals surface area contributed by atoms with Gasteiger partial charge < -0.3 is 19.3 Å². The lowest BCUT2D eigenvalue weighted by Crippen LogP contribution is -2.35. The number of aliphatic hydroxyl groups is 1. The van der Waals surface area contributed by atoms with Gasteiger partial charge in [0.05, 0.1) is 0 Å². The second-order valence-electron chi connectivity index (χ2n) is 7.62. The fourth-order valence-corrected chi connectivity index (χ4v) is 3.49. The minimum Gasteiger partial charge on any atom is -0.491 e. The maximum Gasteiger partial charge on any atom is 0.231 e. The summed E-state index contributed by atoms with van der Waals surface area (Å²) in [7, 11) is 0. The minimum absolute atomic E-state index is 0.246. The van der Waals surface area contributed by atoms with Crippen LogP contribution >= 0.6 is 0 Å². The predicted molar refractivity (Wildman–Crippen MR) is 116 cm³/mol. The van der Waals surface area contributed by atoms with E-state index < -0.39 is 6.10 Å². The molecule has 0 saturated carbocycles. The van der Waals surface area contributed by atoms with Crippen LogP contribution in [-0.2, 0) is 13.1 Å². The highest BCUT2D eigenvalue weighted by molar-refractivity contribution is 5.44. The third kappa shape index (κ3) is 5.53. The van der Waals surface area contributed by atoms with E-state index in [9.17, 15) is 5.11 Å². The lowest BCUT2D eigenvalue weighted by atomic mass is 10.1. The first-order valence-electron chi connectivity index (χ1n) is 10.2. The molecule has 1 atom stereocenters. The van der Waals surface area contributed by atoms with Crippen LogP contribution in [0.4, 0.5) is 0 Å². The number of nitrogens with zero attached hydrogens (tertiary/aromatic N) is 1. The summed E-state index contributed by atoms with van der Waals surface area (Å²) in [4.78, 5) is 2.22. The van der Waals surface area contributed by atoms with E-state index in [1.807, 2.05) is 48.5 Å². The first-order valence-corrected chi connectivity index (χ1v) is 10.2. The summed E-state index contributed by atoms with van der Waals surface area (Å²) in [5.41, 5.74) is 3.55. The van der Waals surface area contributed by atoms with E-state index in [-0.39, 0.29) is 13.4 Å². The fourth-order valence-electron chi connectivity index (χ4n) is 3.49. The molecular weight excluding hydrogens is 378 g/mol. The molecule has 0 radical (unpaired) electrons. The van der Waals surface area contributed by atoms with Crippen molar-refractivity contribution in [3.63, 3.8) is 0 Å². The molecule has 1 heterocycles. The zero-order chi connectivity index (χ0) is 20.8. The van der Waals surface area contributed by atoms with Gasteiger partial charge in [-0.1, -0.05) is 54.1 Å². The van der Waals surface area contributed by atoms with Crippen LogP contribution in [0.5, 0.6) is 17.2 Å². The van der Waals surface area contributed by atoms with E-state index in [4.69, 9.17) is 14.2 Å². The SMILES string of the molecule is Cc1ccc(CN(Cc2ccc3c(c2)OCO3)C[C@@H](O)COc2ccccc2)cc1. The number of hydrogen-bond acceptors (Lipinski definition) is 5. The number of fused-ring (bicyclic) bond motifs is 1. The Morgan fingerprint density at radius 3 is 2.40 bits per heavy atom. The summed E-state index contributed by atoms with van der Waals surface area (Å²) in [6, 6.07) is 24.1. The number of hydrogen-bond donors (Lipinski definition) is 1. The Morgan fingerprint density at radius 1 is 0.900 bits per heavy atom. The summed E-state index contributed by atoms with van der Waals surface area (Å²) in [6.07, 6.45) is -0.607. The lowest BCUT2D eigenvalue weighted by molar-refractivity contribution is 0.0628. The van der Waals surface area contributed by atoms with Gasteiger partial charge in [0.25, 0.3) is 0 Å². The predicted octanol–water partition coefficient (Wildman–Crippen LogP) is 4.17. The van der Waals surface area contributed by atoms with E-state index in [0.717, 1.165) is 29.4 Å². The summed E-state index contributed by atoms with van der Waals surface area (Å²) >= 11 is 0. The van der Waals surface area contributed by atoms with Gasteiger partial charge in [0.1, 0.15) is 18.5 Å². The maximum absolute atomic E-state index is 10.6. The van der Waals surface area contributed by atoms with Crippen LogP contribution in [0.25, 0.3) is 0 Å². The number of rotatable bonds is 9. The van der Waals surface area contributed by atoms with Gasteiger partial charge in [0, 0.05) is 19.6 Å². The Labute approximate surface area is 177 Å². The third-order valence-electron chi connectivity index (χ3n) is 5.02. The molecule has 0 spiro atoms. The third-order valence-corrected chi connectivity index (χ3v) is 5.02. The second kappa shape index (κ2) is 9.65. The molecule has 30 heavy (non-hydrogen) atoms. The van der Waals surface area contributed by atoms with Gasteiger partial charge in [-0.25, -0.2) is 0 Å². The van der Waals surface area contributed by atoms with Crippen LogP contribution in [0.1, 0.15) is 16.7 Å². The summed E-state index contributed by atoms with van der Waals surface area (Å²) in [5, 5.41) is 10.6. The molecule has 0 fully saturated rings. The maximum atomic E-state index is 10.6. The normalized spacial score (nSPS) is 13.4. The molecule has 0 amide bonds. The Morgan fingerprint density at radius 2 is 1.60 bits per heavy atom. The first-order chi connectivity index (χ1) is 14.7. The molecule has 0 saturated heterocycles. The van der Waals surface area contributed by atoms with Gasteiger partial charge >= 0.3 is 0 Å². The highest BCUT2D eigenvalue weighted by Crippen LogP contribution is 2.33. The number of benzene rings is 3. The van der Waals surface area contributed by atoms with Gasteiger partial charge in [-0.05, 0) is 42.3 Å². The first kappa shape index (κ1) is 20.3. The van der Waals surface area contributed by atoms with Crippen LogP contribution < -0.4 is 14.2 Å². The molecule has 0 bridgehead atoms. The summed E-state index contributed by atoms with van der Waals surface area (Å²) in [5.74, 6) is 2.31. The Hall–Kier alpha value is -3.02. The smallest absolute Gasteiger partial charge is 0.231 e. The molecule has 0 unspecified atom stereocenters. The van der Waals surface area contributed by atoms with Gasteiger partial charge in [-0.15, -0.1) is 0 Å². The van der Waals surface area contributed by atoms with Crippen molar-refractivity contribution >= 4 is 0 Å². The molecule has 1 aliphatic rings. The monoisotopic (exact) mass is 405 g/mol. The minimum atomic E-state index is -0.607. The molecule has 156 valence electrons. The van der Waals surface area contributed by atoms with Crippen LogP contribution in [0, 0.1) is 6.92 Å². The molecule has 1 N–H and O–H groups in total. The summed E-state index contributed by atoms with van der Waals surface area (Å²) in [6.45, 7) is 4.51. The number of para-hydroxylation sites is 1. The van der Waals surface area contributed by atoms with Crippen LogP contribution in [-0.4, -0.2) is 36.1 Å². The van der Waals surface area contributed by atoms with E-state index in [1.54, 1.807) is 0 Å². The highest BCUT2D eigenvalue weighted by atomic mass is 16.7. The van der Waals surface area contributed by atoms with Gasteiger partial charge in [-0.2, -0.15) is 0 Å². The van der Waals surface area contributed by atoms with Crippen molar-refractivity contribution < 1.29 is 19.3 Å². The zero-order valence-corrected chi connectivity index (χ0v) is 17.2. The van der Waals surface area contributed by atoms with Crippen LogP contribution in [0.15, 0.2) is 72.8 Å². The number of aliphatic hydroxyl groups excluding tert-OH is 1. The summed E-state index contributed by atoms with van der Waals surface area (Å²) < 4.78 is 16.7. The second-order valence-corrected chi connectivity index (χ2v) is 7.62. The molecule has 0 aliphatic carbocycles. The van der Waals surface area contributed by atoms with Crippen LogP contribution in [0.2, 0.25) is 0 Å². The molecule has 0 aromatic heterocycles. The number of aryl methyl sites for hydroxylation is 1. The largest absolute Gasteiger partial charge is 0.491 e.